The molecule has 0 aliphatic carbocycles. The summed E-state index contributed by atoms with van der Waals surface area (Å²) in [5, 5.41) is 2.78. The molecule has 0 heterocycles. The highest BCUT2D eigenvalue weighted by molar-refractivity contribution is 7.89. The lowest BCUT2D eigenvalue weighted by molar-refractivity contribution is 0.0951. The smallest absolute Gasteiger partial charge is 0.251 e. The highest BCUT2D eigenvalue weighted by Crippen LogP contribution is 2.12. The minimum Gasteiger partial charge on any atom is -0.383 e. The first-order chi connectivity index (χ1) is 12.5. The lowest BCUT2D eigenvalue weighted by Gasteiger charge is -2.09. The molecule has 2 aromatic rings. The van der Waals surface area contributed by atoms with E-state index in [9.17, 15) is 13.2 Å². The number of hydrogen-bond acceptors (Lipinski definition) is 5. The largest absolute Gasteiger partial charge is 0.383 e. The van der Waals surface area contributed by atoms with Gasteiger partial charge in [-0.1, -0.05) is 24.3 Å². The van der Waals surface area contributed by atoms with E-state index >= 15 is 0 Å². The van der Waals surface area contributed by atoms with Gasteiger partial charge < -0.3 is 15.8 Å². The van der Waals surface area contributed by atoms with Gasteiger partial charge in [-0.2, -0.15) is 0 Å². The summed E-state index contributed by atoms with van der Waals surface area (Å²) in [6.07, 6.45) is 0. The summed E-state index contributed by atoms with van der Waals surface area (Å²) in [4.78, 5) is 12.3. The fraction of sp³-hybridized carbons (Fsp3) is 0.278. The monoisotopic (exact) mass is 377 g/mol. The zero-order valence-corrected chi connectivity index (χ0v) is 15.4. The third kappa shape index (κ3) is 5.63. The van der Waals surface area contributed by atoms with Crippen molar-refractivity contribution in [2.24, 2.45) is 5.73 Å². The van der Waals surface area contributed by atoms with Crippen LogP contribution in [0.4, 0.5) is 0 Å². The number of methoxy groups -OCH3 is 1. The van der Waals surface area contributed by atoms with Crippen LogP contribution >= 0.6 is 0 Å². The Kier molecular flexibility index (Phi) is 7.28. The lowest BCUT2D eigenvalue weighted by atomic mass is 10.1. The molecule has 0 unspecified atom stereocenters. The van der Waals surface area contributed by atoms with Gasteiger partial charge in [0, 0.05) is 32.3 Å². The number of carbonyl (C=O) groups is 1. The summed E-state index contributed by atoms with van der Waals surface area (Å²) in [5.41, 5.74) is 7.69. The molecule has 7 nitrogen and oxygen atoms in total. The van der Waals surface area contributed by atoms with E-state index in [-0.39, 0.29) is 30.5 Å². The van der Waals surface area contributed by atoms with E-state index in [4.69, 9.17) is 10.5 Å². The van der Waals surface area contributed by atoms with Crippen molar-refractivity contribution < 1.29 is 17.9 Å². The Bertz CT molecular complexity index is 836. The molecule has 2 aromatic carbocycles. The molecule has 2 rings (SSSR count). The van der Waals surface area contributed by atoms with Crippen LogP contribution < -0.4 is 15.8 Å². The average molecular weight is 377 g/mol. The van der Waals surface area contributed by atoms with Crippen LogP contribution in [-0.2, 0) is 27.8 Å². The van der Waals surface area contributed by atoms with Crippen molar-refractivity contribution in [3.8, 4) is 0 Å². The molecule has 0 aliphatic heterocycles. The zero-order chi connectivity index (χ0) is 19.0. The molecule has 0 fully saturated rings. The van der Waals surface area contributed by atoms with E-state index in [2.05, 4.69) is 10.0 Å². The van der Waals surface area contributed by atoms with Crippen molar-refractivity contribution in [3.05, 3.63) is 65.2 Å². The molecule has 0 radical (unpaired) electrons. The van der Waals surface area contributed by atoms with Crippen molar-refractivity contribution in [1.29, 1.82) is 0 Å². The normalized spacial score (nSPS) is 11.3. The van der Waals surface area contributed by atoms with Gasteiger partial charge in [-0.15, -0.1) is 0 Å². The minimum absolute atomic E-state index is 0.146. The first-order valence-corrected chi connectivity index (χ1v) is 9.59. The van der Waals surface area contributed by atoms with Gasteiger partial charge in [-0.25, -0.2) is 13.1 Å². The molecule has 26 heavy (non-hydrogen) atoms. The first kappa shape index (κ1) is 20.1. The number of hydrogen-bond donors (Lipinski definition) is 3. The number of carbonyl (C=O) groups excluding carboxylic acids is 1. The maximum atomic E-state index is 12.2. The summed E-state index contributed by atoms with van der Waals surface area (Å²) >= 11 is 0. The minimum atomic E-state index is -3.61. The SMILES string of the molecule is COCCNS(=O)(=O)c1cccc(CNC(=O)c2ccc(CN)cc2)c1. The number of benzene rings is 2. The van der Waals surface area contributed by atoms with Crippen molar-refractivity contribution >= 4 is 15.9 Å². The second-order valence-electron chi connectivity index (χ2n) is 5.62. The predicted molar refractivity (Wildman–Crippen MR) is 99.0 cm³/mol. The summed E-state index contributed by atoms with van der Waals surface area (Å²) in [6, 6.07) is 13.4. The molecule has 1 amide bonds. The Labute approximate surface area is 153 Å². The fourth-order valence-corrected chi connectivity index (χ4v) is 3.34. The lowest BCUT2D eigenvalue weighted by Crippen LogP contribution is -2.27. The van der Waals surface area contributed by atoms with Crippen molar-refractivity contribution in [2.45, 2.75) is 18.0 Å². The molecule has 0 saturated heterocycles. The van der Waals surface area contributed by atoms with Crippen LogP contribution in [0, 0.1) is 0 Å². The molecule has 4 N–H and O–H groups in total. The number of nitrogens with two attached hydrogens (primary N) is 1. The Balaban J connectivity index is 2.00. The quantitative estimate of drug-likeness (QED) is 0.565. The highest BCUT2D eigenvalue weighted by Gasteiger charge is 2.14. The van der Waals surface area contributed by atoms with Gasteiger partial charge in [0.25, 0.3) is 5.91 Å². The first-order valence-electron chi connectivity index (χ1n) is 8.11. The highest BCUT2D eigenvalue weighted by atomic mass is 32.2. The van der Waals surface area contributed by atoms with Crippen LogP contribution in [0.1, 0.15) is 21.5 Å². The van der Waals surface area contributed by atoms with Gasteiger partial charge in [0.05, 0.1) is 11.5 Å². The van der Waals surface area contributed by atoms with Crippen molar-refractivity contribution in [2.75, 3.05) is 20.3 Å². The van der Waals surface area contributed by atoms with Gasteiger partial charge in [0.2, 0.25) is 10.0 Å². The van der Waals surface area contributed by atoms with E-state index in [1.165, 1.54) is 19.2 Å². The van der Waals surface area contributed by atoms with Gasteiger partial charge in [0.1, 0.15) is 0 Å². The number of sulfonamides is 1. The Morgan fingerprint density at radius 3 is 2.50 bits per heavy atom. The van der Waals surface area contributed by atoms with Gasteiger partial charge in [-0.3, -0.25) is 4.79 Å². The van der Waals surface area contributed by atoms with Crippen molar-refractivity contribution in [3.63, 3.8) is 0 Å². The average Bonchev–Trinajstić information content (AvgIpc) is 2.66. The van der Waals surface area contributed by atoms with E-state index in [1.54, 1.807) is 36.4 Å². The van der Waals surface area contributed by atoms with Crippen LogP contribution in [0.15, 0.2) is 53.4 Å². The Hall–Kier alpha value is -2.26. The molecule has 140 valence electrons. The molecule has 0 aromatic heterocycles. The third-order valence-electron chi connectivity index (χ3n) is 3.71. The third-order valence-corrected chi connectivity index (χ3v) is 5.17. The van der Waals surface area contributed by atoms with Crippen LogP contribution in [-0.4, -0.2) is 34.6 Å². The van der Waals surface area contributed by atoms with Crippen LogP contribution in [0.2, 0.25) is 0 Å². The zero-order valence-electron chi connectivity index (χ0n) is 14.6. The Morgan fingerprint density at radius 2 is 1.85 bits per heavy atom. The maximum Gasteiger partial charge on any atom is 0.251 e. The molecule has 0 saturated carbocycles. The van der Waals surface area contributed by atoms with E-state index in [1.807, 2.05) is 0 Å². The van der Waals surface area contributed by atoms with Gasteiger partial charge >= 0.3 is 0 Å². The molecular weight excluding hydrogens is 354 g/mol. The van der Waals surface area contributed by atoms with Crippen LogP contribution in [0.3, 0.4) is 0 Å². The summed E-state index contributed by atoms with van der Waals surface area (Å²) in [7, 11) is -2.11. The summed E-state index contributed by atoms with van der Waals surface area (Å²) < 4.78 is 31.7. The van der Waals surface area contributed by atoms with Gasteiger partial charge in [0.15, 0.2) is 0 Å². The number of amides is 1. The van der Waals surface area contributed by atoms with E-state index < -0.39 is 10.0 Å². The Morgan fingerprint density at radius 1 is 1.12 bits per heavy atom. The molecule has 0 atom stereocenters. The standard InChI is InChI=1S/C18H23N3O4S/c1-25-10-9-21-26(23,24)17-4-2-3-15(11-17)13-20-18(22)16-7-5-14(12-19)6-8-16/h2-8,11,21H,9-10,12-13,19H2,1H3,(H,20,22). The van der Waals surface area contributed by atoms with Crippen LogP contribution in [0.25, 0.3) is 0 Å². The van der Waals surface area contributed by atoms with Gasteiger partial charge in [-0.05, 0) is 35.4 Å². The molecular formula is C18H23N3O4S. The van der Waals surface area contributed by atoms with E-state index in [0.717, 1.165) is 5.56 Å². The molecule has 0 spiro atoms. The fourth-order valence-electron chi connectivity index (χ4n) is 2.26. The second kappa shape index (κ2) is 9.44. The number of nitrogens with one attached hydrogen (secondary N) is 2. The maximum absolute atomic E-state index is 12.2. The number of rotatable bonds is 9. The topological polar surface area (TPSA) is 111 Å². The van der Waals surface area contributed by atoms with Crippen molar-refractivity contribution in [1.82, 2.24) is 10.0 Å². The molecule has 8 heteroatoms. The predicted octanol–water partition coefficient (Wildman–Crippen LogP) is 1.000. The molecule has 0 aliphatic rings. The second-order valence-corrected chi connectivity index (χ2v) is 7.39. The number of ether oxygens (including phenoxy) is 1. The van der Waals surface area contributed by atoms with E-state index in [0.29, 0.717) is 17.7 Å². The summed E-state index contributed by atoms with van der Waals surface area (Å²) in [6.45, 7) is 1.12. The van der Waals surface area contributed by atoms with Crippen LogP contribution in [0.5, 0.6) is 0 Å². The summed E-state index contributed by atoms with van der Waals surface area (Å²) in [5.74, 6) is -0.236. The molecule has 0 bridgehead atoms.